The van der Waals surface area contributed by atoms with Crippen molar-refractivity contribution in [2.75, 3.05) is 6.54 Å². The Labute approximate surface area is 97.9 Å². The molecule has 1 aromatic rings. The van der Waals surface area contributed by atoms with E-state index in [1.165, 1.54) is 0 Å². The van der Waals surface area contributed by atoms with Crippen molar-refractivity contribution in [1.82, 2.24) is 5.32 Å². The third-order valence-electron chi connectivity index (χ3n) is 2.59. The van der Waals surface area contributed by atoms with Crippen molar-refractivity contribution in [3.8, 4) is 0 Å². The van der Waals surface area contributed by atoms with Crippen molar-refractivity contribution >= 4 is 0 Å². The first-order valence-corrected chi connectivity index (χ1v) is 5.96. The number of aliphatic hydroxyl groups excluding tert-OH is 1. The zero-order valence-electron chi connectivity index (χ0n) is 10.7. The average Bonchev–Trinajstić information content (AvgIpc) is 2.60. The molecule has 0 amide bonds. The van der Waals surface area contributed by atoms with Crippen LogP contribution in [0.5, 0.6) is 0 Å². The Morgan fingerprint density at radius 3 is 2.50 bits per heavy atom. The quantitative estimate of drug-likeness (QED) is 0.782. The summed E-state index contributed by atoms with van der Waals surface area (Å²) in [6.45, 7) is 8.81. The van der Waals surface area contributed by atoms with Gasteiger partial charge in [0.25, 0.3) is 0 Å². The lowest BCUT2D eigenvalue weighted by molar-refractivity contribution is 0.142. The first kappa shape index (κ1) is 13.3. The molecule has 1 heterocycles. The molecule has 1 aromatic heterocycles. The summed E-state index contributed by atoms with van der Waals surface area (Å²) in [4.78, 5) is 0. The van der Waals surface area contributed by atoms with Gasteiger partial charge in [0.15, 0.2) is 0 Å². The van der Waals surface area contributed by atoms with E-state index in [1.807, 2.05) is 26.0 Å². The first-order chi connectivity index (χ1) is 7.49. The molecule has 2 atom stereocenters. The molecular weight excluding hydrogens is 202 g/mol. The normalized spacial score (nSPS) is 15.4. The monoisotopic (exact) mass is 225 g/mol. The maximum Gasteiger partial charge on any atom is 0.120 e. The molecule has 0 aliphatic heterocycles. The van der Waals surface area contributed by atoms with Crippen LogP contribution in [0.15, 0.2) is 16.5 Å². The van der Waals surface area contributed by atoms with E-state index < -0.39 is 0 Å². The van der Waals surface area contributed by atoms with Crippen LogP contribution >= 0.6 is 0 Å². The number of aliphatic hydroxyl groups is 1. The summed E-state index contributed by atoms with van der Waals surface area (Å²) in [7, 11) is 0. The van der Waals surface area contributed by atoms with Gasteiger partial charge in [-0.15, -0.1) is 0 Å². The van der Waals surface area contributed by atoms with Gasteiger partial charge in [-0.3, -0.25) is 0 Å². The third kappa shape index (κ3) is 4.37. The van der Waals surface area contributed by atoms with Crippen LogP contribution in [-0.4, -0.2) is 17.8 Å². The highest BCUT2D eigenvalue weighted by Crippen LogP contribution is 2.15. The molecule has 92 valence electrons. The number of hydrogen-bond acceptors (Lipinski definition) is 3. The molecule has 0 saturated heterocycles. The van der Waals surface area contributed by atoms with Crippen LogP contribution in [-0.2, 0) is 0 Å². The van der Waals surface area contributed by atoms with E-state index in [0.717, 1.165) is 17.9 Å². The van der Waals surface area contributed by atoms with Gasteiger partial charge in [-0.2, -0.15) is 0 Å². The number of nitrogens with one attached hydrogen (secondary N) is 1. The largest absolute Gasteiger partial charge is 0.465 e. The number of hydrogen-bond donors (Lipinski definition) is 2. The van der Waals surface area contributed by atoms with E-state index >= 15 is 0 Å². The fraction of sp³-hybridized carbons (Fsp3) is 0.692. The van der Waals surface area contributed by atoms with Gasteiger partial charge in [-0.25, -0.2) is 0 Å². The standard InChI is InChI=1S/C13H23NO2/c1-9(2)7-12(15)8-14-11(4)13-6-5-10(3)16-13/h5-6,9,11-12,14-15H,7-8H2,1-4H3. The van der Waals surface area contributed by atoms with Crippen molar-refractivity contribution in [3.05, 3.63) is 23.7 Å². The highest BCUT2D eigenvalue weighted by atomic mass is 16.3. The van der Waals surface area contributed by atoms with Crippen LogP contribution < -0.4 is 5.32 Å². The minimum Gasteiger partial charge on any atom is -0.465 e. The molecule has 1 rings (SSSR count). The van der Waals surface area contributed by atoms with Crippen molar-refractivity contribution in [1.29, 1.82) is 0 Å². The zero-order chi connectivity index (χ0) is 12.1. The second-order valence-electron chi connectivity index (χ2n) is 4.86. The highest BCUT2D eigenvalue weighted by Gasteiger charge is 2.12. The van der Waals surface area contributed by atoms with Gasteiger partial charge in [0.05, 0.1) is 12.1 Å². The minimum atomic E-state index is -0.279. The molecule has 0 saturated carbocycles. The van der Waals surface area contributed by atoms with E-state index in [-0.39, 0.29) is 12.1 Å². The summed E-state index contributed by atoms with van der Waals surface area (Å²) in [5.41, 5.74) is 0. The number of aryl methyl sites for hydroxylation is 1. The lowest BCUT2D eigenvalue weighted by Crippen LogP contribution is -2.29. The number of rotatable bonds is 6. The van der Waals surface area contributed by atoms with Crippen LogP contribution in [0.1, 0.15) is 44.8 Å². The Morgan fingerprint density at radius 1 is 1.31 bits per heavy atom. The molecule has 0 aliphatic carbocycles. The van der Waals surface area contributed by atoms with Crippen LogP contribution in [0.2, 0.25) is 0 Å². The molecule has 0 aromatic carbocycles. The van der Waals surface area contributed by atoms with E-state index in [1.54, 1.807) is 0 Å². The molecule has 3 nitrogen and oxygen atoms in total. The topological polar surface area (TPSA) is 45.4 Å². The molecule has 0 fully saturated rings. The summed E-state index contributed by atoms with van der Waals surface area (Å²) in [6, 6.07) is 4.08. The van der Waals surface area contributed by atoms with Gasteiger partial charge >= 0.3 is 0 Å². The van der Waals surface area contributed by atoms with Crippen LogP contribution in [0.3, 0.4) is 0 Å². The molecule has 0 bridgehead atoms. The Bertz CT molecular complexity index is 307. The Hall–Kier alpha value is -0.800. The maximum atomic E-state index is 9.73. The van der Waals surface area contributed by atoms with E-state index in [2.05, 4.69) is 19.2 Å². The Morgan fingerprint density at radius 2 is 2.00 bits per heavy atom. The fourth-order valence-electron chi connectivity index (χ4n) is 1.73. The highest BCUT2D eigenvalue weighted by molar-refractivity contribution is 5.08. The van der Waals surface area contributed by atoms with Crippen molar-refractivity contribution in [2.24, 2.45) is 5.92 Å². The zero-order valence-corrected chi connectivity index (χ0v) is 10.7. The van der Waals surface area contributed by atoms with Crippen molar-refractivity contribution in [2.45, 2.75) is 46.3 Å². The first-order valence-electron chi connectivity index (χ1n) is 5.96. The van der Waals surface area contributed by atoms with Gasteiger partial charge in [0, 0.05) is 6.54 Å². The summed E-state index contributed by atoms with van der Waals surface area (Å²) in [5, 5.41) is 13.0. The predicted molar refractivity (Wildman–Crippen MR) is 65.3 cm³/mol. The van der Waals surface area contributed by atoms with Gasteiger partial charge in [0.1, 0.15) is 11.5 Å². The second kappa shape index (κ2) is 6.06. The summed E-state index contributed by atoms with van der Waals surface area (Å²) in [5.74, 6) is 2.37. The van der Waals surface area contributed by atoms with Crippen molar-refractivity contribution < 1.29 is 9.52 Å². The van der Waals surface area contributed by atoms with Gasteiger partial charge in [0.2, 0.25) is 0 Å². The number of furan rings is 1. The fourth-order valence-corrected chi connectivity index (χ4v) is 1.73. The van der Waals surface area contributed by atoms with Gasteiger partial charge in [-0.1, -0.05) is 13.8 Å². The SMILES string of the molecule is Cc1ccc(C(C)NCC(O)CC(C)C)o1. The lowest BCUT2D eigenvalue weighted by atomic mass is 10.1. The van der Waals surface area contributed by atoms with Crippen molar-refractivity contribution in [3.63, 3.8) is 0 Å². The lowest BCUT2D eigenvalue weighted by Gasteiger charge is -2.17. The minimum absolute atomic E-state index is 0.149. The van der Waals surface area contributed by atoms with Gasteiger partial charge < -0.3 is 14.8 Å². The maximum absolute atomic E-state index is 9.73. The molecule has 0 aliphatic rings. The predicted octanol–water partition coefficient (Wildman–Crippen LogP) is 2.65. The molecule has 3 heteroatoms. The Balaban J connectivity index is 2.32. The average molecular weight is 225 g/mol. The molecule has 0 radical (unpaired) electrons. The van der Waals surface area contributed by atoms with Crippen LogP contribution in [0.4, 0.5) is 0 Å². The summed E-state index contributed by atoms with van der Waals surface area (Å²) < 4.78 is 5.51. The molecule has 0 spiro atoms. The summed E-state index contributed by atoms with van der Waals surface area (Å²) >= 11 is 0. The molecule has 16 heavy (non-hydrogen) atoms. The second-order valence-corrected chi connectivity index (χ2v) is 4.86. The Kier molecular flexibility index (Phi) is 5.03. The van der Waals surface area contributed by atoms with Gasteiger partial charge in [-0.05, 0) is 38.3 Å². The molecule has 2 N–H and O–H groups in total. The molecular formula is C13H23NO2. The molecule has 2 unspecified atom stereocenters. The third-order valence-corrected chi connectivity index (χ3v) is 2.59. The van der Waals surface area contributed by atoms with Crippen LogP contribution in [0.25, 0.3) is 0 Å². The van der Waals surface area contributed by atoms with Crippen LogP contribution in [0, 0.1) is 12.8 Å². The smallest absolute Gasteiger partial charge is 0.120 e. The summed E-state index contributed by atoms with van der Waals surface area (Å²) in [6.07, 6.45) is 0.551. The van der Waals surface area contributed by atoms with E-state index in [4.69, 9.17) is 4.42 Å². The van der Waals surface area contributed by atoms with E-state index in [9.17, 15) is 5.11 Å². The van der Waals surface area contributed by atoms with E-state index in [0.29, 0.717) is 12.5 Å².